The van der Waals surface area contributed by atoms with E-state index in [1.54, 1.807) is 13.0 Å². The third-order valence-electron chi connectivity index (χ3n) is 3.43. The van der Waals surface area contributed by atoms with Crippen LogP contribution in [0.4, 0.5) is 5.69 Å². The number of rotatable bonds is 7. The lowest BCUT2D eigenvalue weighted by Crippen LogP contribution is -2.23. The van der Waals surface area contributed by atoms with Crippen molar-refractivity contribution in [3.8, 4) is 0 Å². The SMILES string of the molecule is CCCC(CCC)C(=O)Nc1ccc(S(N)(=O)=O)cc1C. The summed E-state index contributed by atoms with van der Waals surface area (Å²) < 4.78 is 22.6. The fourth-order valence-corrected chi connectivity index (χ4v) is 2.89. The normalized spacial score (nSPS) is 11.7. The maximum atomic E-state index is 12.3. The molecule has 1 aromatic carbocycles. The number of primary sulfonamides is 1. The van der Waals surface area contributed by atoms with Crippen LogP contribution in [-0.2, 0) is 14.8 Å². The van der Waals surface area contributed by atoms with Crippen molar-refractivity contribution >= 4 is 21.6 Å². The number of benzene rings is 1. The summed E-state index contributed by atoms with van der Waals surface area (Å²) in [5, 5.41) is 7.97. The lowest BCUT2D eigenvalue weighted by molar-refractivity contribution is -0.120. The Kier molecular flexibility index (Phi) is 6.36. The topological polar surface area (TPSA) is 89.3 Å². The van der Waals surface area contributed by atoms with Gasteiger partial charge in [0, 0.05) is 11.6 Å². The van der Waals surface area contributed by atoms with Crippen LogP contribution in [0, 0.1) is 12.8 Å². The minimum atomic E-state index is -3.72. The van der Waals surface area contributed by atoms with E-state index in [1.165, 1.54) is 12.1 Å². The number of carbonyl (C=O) groups excluding carboxylic acids is 1. The molecule has 0 aliphatic rings. The third kappa shape index (κ3) is 5.13. The van der Waals surface area contributed by atoms with Crippen molar-refractivity contribution in [2.24, 2.45) is 11.1 Å². The Balaban J connectivity index is 2.90. The van der Waals surface area contributed by atoms with Gasteiger partial charge in [-0.2, -0.15) is 0 Å². The molecule has 0 saturated carbocycles. The molecule has 0 spiro atoms. The fourth-order valence-electron chi connectivity index (χ4n) is 2.29. The zero-order valence-corrected chi connectivity index (χ0v) is 13.7. The van der Waals surface area contributed by atoms with E-state index in [9.17, 15) is 13.2 Å². The summed E-state index contributed by atoms with van der Waals surface area (Å²) in [6.45, 7) is 5.86. The van der Waals surface area contributed by atoms with E-state index in [4.69, 9.17) is 5.14 Å². The van der Waals surface area contributed by atoms with Gasteiger partial charge >= 0.3 is 0 Å². The molecule has 0 aliphatic carbocycles. The van der Waals surface area contributed by atoms with Gasteiger partial charge in [-0.15, -0.1) is 0 Å². The number of hydrogen-bond acceptors (Lipinski definition) is 3. The van der Waals surface area contributed by atoms with Crippen LogP contribution >= 0.6 is 0 Å². The third-order valence-corrected chi connectivity index (χ3v) is 4.34. The van der Waals surface area contributed by atoms with E-state index in [-0.39, 0.29) is 16.7 Å². The molecule has 0 aromatic heterocycles. The molecule has 0 radical (unpaired) electrons. The molecule has 6 heteroatoms. The molecule has 21 heavy (non-hydrogen) atoms. The molecule has 118 valence electrons. The molecule has 0 fully saturated rings. The van der Waals surface area contributed by atoms with Crippen molar-refractivity contribution in [3.05, 3.63) is 23.8 Å². The molecule has 0 heterocycles. The average Bonchev–Trinajstić information content (AvgIpc) is 2.39. The summed E-state index contributed by atoms with van der Waals surface area (Å²) in [7, 11) is -3.72. The van der Waals surface area contributed by atoms with Gasteiger partial charge in [-0.1, -0.05) is 26.7 Å². The highest BCUT2D eigenvalue weighted by atomic mass is 32.2. The van der Waals surface area contributed by atoms with Crippen LogP contribution in [0.15, 0.2) is 23.1 Å². The zero-order valence-electron chi connectivity index (χ0n) is 12.8. The van der Waals surface area contributed by atoms with Crippen LogP contribution in [-0.4, -0.2) is 14.3 Å². The van der Waals surface area contributed by atoms with Gasteiger partial charge < -0.3 is 5.32 Å². The van der Waals surface area contributed by atoms with E-state index in [2.05, 4.69) is 19.2 Å². The number of hydrogen-bond donors (Lipinski definition) is 2. The summed E-state index contributed by atoms with van der Waals surface area (Å²) in [5.74, 6) is -0.0116. The maximum Gasteiger partial charge on any atom is 0.238 e. The number of anilines is 1. The van der Waals surface area contributed by atoms with Gasteiger partial charge in [0.15, 0.2) is 0 Å². The molecule has 1 aromatic rings. The van der Waals surface area contributed by atoms with E-state index in [0.29, 0.717) is 11.3 Å². The first kappa shape index (κ1) is 17.7. The molecule has 0 saturated heterocycles. The van der Waals surface area contributed by atoms with Gasteiger partial charge in [0.2, 0.25) is 15.9 Å². The summed E-state index contributed by atoms with van der Waals surface area (Å²) in [5.41, 5.74) is 1.31. The molecule has 1 amide bonds. The second-order valence-electron chi connectivity index (χ2n) is 5.29. The van der Waals surface area contributed by atoms with E-state index < -0.39 is 10.0 Å². The fraction of sp³-hybridized carbons (Fsp3) is 0.533. The number of amides is 1. The molecular weight excluding hydrogens is 288 g/mol. The van der Waals surface area contributed by atoms with Crippen molar-refractivity contribution in [2.45, 2.75) is 51.3 Å². The van der Waals surface area contributed by atoms with Gasteiger partial charge in [-0.05, 0) is 43.5 Å². The summed E-state index contributed by atoms with van der Waals surface area (Å²) in [6, 6.07) is 4.47. The van der Waals surface area contributed by atoms with Crippen LogP contribution in [0.5, 0.6) is 0 Å². The van der Waals surface area contributed by atoms with Gasteiger partial charge in [0.1, 0.15) is 0 Å². The van der Waals surface area contributed by atoms with Gasteiger partial charge in [0.25, 0.3) is 0 Å². The first-order chi connectivity index (χ1) is 9.79. The molecule has 5 nitrogen and oxygen atoms in total. The minimum Gasteiger partial charge on any atom is -0.326 e. The Hall–Kier alpha value is -1.40. The van der Waals surface area contributed by atoms with Crippen molar-refractivity contribution in [1.82, 2.24) is 0 Å². The number of sulfonamides is 1. The lowest BCUT2D eigenvalue weighted by atomic mass is 9.97. The standard InChI is InChI=1S/C15H24N2O3S/c1-4-6-12(7-5-2)15(18)17-14-9-8-13(10-11(14)3)21(16,19)20/h8-10,12H,4-7H2,1-3H3,(H,17,18)(H2,16,19,20). The predicted octanol–water partition coefficient (Wildman–Crippen LogP) is 2.80. The van der Waals surface area contributed by atoms with E-state index in [1.807, 2.05) is 0 Å². The highest BCUT2D eigenvalue weighted by molar-refractivity contribution is 7.89. The second-order valence-corrected chi connectivity index (χ2v) is 6.85. The monoisotopic (exact) mass is 312 g/mol. The Morgan fingerprint density at radius 1 is 1.24 bits per heavy atom. The molecular formula is C15H24N2O3S. The Morgan fingerprint density at radius 2 is 1.81 bits per heavy atom. The number of nitrogens with one attached hydrogen (secondary N) is 1. The molecule has 0 bridgehead atoms. The highest BCUT2D eigenvalue weighted by Gasteiger charge is 2.18. The van der Waals surface area contributed by atoms with E-state index in [0.717, 1.165) is 25.7 Å². The molecule has 3 N–H and O–H groups in total. The Labute approximate surface area is 127 Å². The summed E-state index contributed by atoms with van der Waals surface area (Å²) >= 11 is 0. The maximum absolute atomic E-state index is 12.3. The summed E-state index contributed by atoms with van der Waals surface area (Å²) in [4.78, 5) is 12.3. The van der Waals surface area contributed by atoms with Crippen LogP contribution in [0.2, 0.25) is 0 Å². The quantitative estimate of drug-likeness (QED) is 0.811. The largest absolute Gasteiger partial charge is 0.326 e. The predicted molar refractivity (Wildman–Crippen MR) is 84.5 cm³/mol. The number of aryl methyl sites for hydroxylation is 1. The first-order valence-electron chi connectivity index (χ1n) is 7.23. The van der Waals surface area contributed by atoms with E-state index >= 15 is 0 Å². The van der Waals surface area contributed by atoms with Crippen molar-refractivity contribution < 1.29 is 13.2 Å². The summed E-state index contributed by atoms with van der Waals surface area (Å²) in [6.07, 6.45) is 3.63. The first-order valence-corrected chi connectivity index (χ1v) is 8.78. The molecule has 0 aliphatic heterocycles. The van der Waals surface area contributed by atoms with Gasteiger partial charge in [0.05, 0.1) is 4.90 Å². The minimum absolute atomic E-state index is 0.00248. The Bertz CT molecular complexity index is 591. The van der Waals surface area contributed by atoms with Crippen molar-refractivity contribution in [3.63, 3.8) is 0 Å². The molecule has 1 rings (SSSR count). The smallest absolute Gasteiger partial charge is 0.238 e. The van der Waals surface area contributed by atoms with Crippen LogP contribution in [0.25, 0.3) is 0 Å². The van der Waals surface area contributed by atoms with Crippen LogP contribution in [0.1, 0.15) is 45.1 Å². The van der Waals surface area contributed by atoms with Crippen LogP contribution in [0.3, 0.4) is 0 Å². The van der Waals surface area contributed by atoms with Crippen LogP contribution < -0.4 is 10.5 Å². The average molecular weight is 312 g/mol. The zero-order chi connectivity index (χ0) is 16.0. The van der Waals surface area contributed by atoms with Crippen molar-refractivity contribution in [1.29, 1.82) is 0 Å². The van der Waals surface area contributed by atoms with Gasteiger partial charge in [-0.25, -0.2) is 13.6 Å². The highest BCUT2D eigenvalue weighted by Crippen LogP contribution is 2.21. The Morgan fingerprint density at radius 3 is 2.24 bits per heavy atom. The lowest BCUT2D eigenvalue weighted by Gasteiger charge is -2.16. The molecule has 0 unspecified atom stereocenters. The molecule has 0 atom stereocenters. The van der Waals surface area contributed by atoms with Gasteiger partial charge in [-0.3, -0.25) is 4.79 Å². The number of nitrogens with two attached hydrogens (primary N) is 1. The van der Waals surface area contributed by atoms with Crippen molar-refractivity contribution in [2.75, 3.05) is 5.32 Å². The second kappa shape index (κ2) is 7.56. The number of carbonyl (C=O) groups is 1.